The molecule has 13 heavy (non-hydrogen) atoms. The first-order valence-corrected chi connectivity index (χ1v) is 3.46. The first-order valence-electron chi connectivity index (χ1n) is 3.46. The van der Waals surface area contributed by atoms with Gasteiger partial charge in [0.05, 0.1) is 13.7 Å². The maximum absolute atomic E-state index is 12.9. The second-order valence-corrected chi connectivity index (χ2v) is 2.37. The van der Waals surface area contributed by atoms with Crippen LogP contribution in [0.15, 0.2) is 6.07 Å². The van der Waals surface area contributed by atoms with Gasteiger partial charge in [0.25, 0.3) is 0 Å². The predicted octanol–water partition coefficient (Wildman–Crippen LogP) is 1.17. The third kappa shape index (κ3) is 1.55. The van der Waals surface area contributed by atoms with E-state index in [2.05, 4.69) is 4.74 Å². The average Bonchev–Trinajstić information content (AvgIpc) is 2.15. The molecule has 0 aromatic heterocycles. The summed E-state index contributed by atoms with van der Waals surface area (Å²) >= 11 is 0. The number of methoxy groups -OCH3 is 1. The summed E-state index contributed by atoms with van der Waals surface area (Å²) in [7, 11) is 1.18. The van der Waals surface area contributed by atoms with Crippen LogP contribution in [0.3, 0.4) is 0 Å². The van der Waals surface area contributed by atoms with Crippen LogP contribution in [0.5, 0.6) is 11.5 Å². The van der Waals surface area contributed by atoms with Crippen molar-refractivity contribution < 1.29 is 23.7 Å². The molecule has 0 amide bonds. The SMILES string of the molecule is COc1cc(CO)c(F)c(O)c1F. The van der Waals surface area contributed by atoms with Gasteiger partial charge in [0.2, 0.25) is 5.82 Å². The highest BCUT2D eigenvalue weighted by Crippen LogP contribution is 2.31. The van der Waals surface area contributed by atoms with Crippen LogP contribution >= 0.6 is 0 Å². The zero-order chi connectivity index (χ0) is 10.0. The molecular weight excluding hydrogens is 182 g/mol. The summed E-state index contributed by atoms with van der Waals surface area (Å²) in [6, 6.07) is 0.990. The Balaban J connectivity index is 3.36. The molecule has 0 spiro atoms. The quantitative estimate of drug-likeness (QED) is 0.735. The minimum atomic E-state index is -1.17. The Morgan fingerprint density at radius 1 is 1.38 bits per heavy atom. The van der Waals surface area contributed by atoms with Crippen molar-refractivity contribution in [2.75, 3.05) is 7.11 Å². The van der Waals surface area contributed by atoms with E-state index in [9.17, 15) is 8.78 Å². The maximum atomic E-state index is 12.9. The van der Waals surface area contributed by atoms with Crippen LogP contribution in [0.2, 0.25) is 0 Å². The van der Waals surface area contributed by atoms with Crippen molar-refractivity contribution >= 4 is 0 Å². The smallest absolute Gasteiger partial charge is 0.209 e. The molecule has 0 fully saturated rings. The Morgan fingerprint density at radius 3 is 2.46 bits per heavy atom. The molecular formula is C8H8F2O3. The van der Waals surface area contributed by atoms with Crippen molar-refractivity contribution in [2.45, 2.75) is 6.61 Å². The fourth-order valence-electron chi connectivity index (χ4n) is 0.914. The van der Waals surface area contributed by atoms with Crippen molar-refractivity contribution in [3.8, 4) is 11.5 Å². The van der Waals surface area contributed by atoms with Crippen LogP contribution in [-0.2, 0) is 6.61 Å². The van der Waals surface area contributed by atoms with E-state index in [1.165, 1.54) is 7.11 Å². The molecule has 0 bridgehead atoms. The number of hydrogen-bond donors (Lipinski definition) is 2. The van der Waals surface area contributed by atoms with Crippen molar-refractivity contribution in [2.24, 2.45) is 0 Å². The molecule has 0 unspecified atom stereocenters. The van der Waals surface area contributed by atoms with Crippen LogP contribution in [-0.4, -0.2) is 17.3 Å². The van der Waals surface area contributed by atoms with Crippen LogP contribution in [0.25, 0.3) is 0 Å². The summed E-state index contributed by atoms with van der Waals surface area (Å²) in [6.45, 7) is -0.629. The highest BCUT2D eigenvalue weighted by Gasteiger charge is 2.17. The molecule has 1 aromatic rings. The highest BCUT2D eigenvalue weighted by molar-refractivity contribution is 5.40. The zero-order valence-electron chi connectivity index (χ0n) is 6.84. The predicted molar refractivity (Wildman–Crippen MR) is 40.5 cm³/mol. The van der Waals surface area contributed by atoms with Gasteiger partial charge in [0, 0.05) is 5.56 Å². The first-order chi connectivity index (χ1) is 6.11. The fourth-order valence-corrected chi connectivity index (χ4v) is 0.914. The van der Waals surface area contributed by atoms with Gasteiger partial charge in [-0.05, 0) is 6.07 Å². The van der Waals surface area contributed by atoms with Gasteiger partial charge in [0.1, 0.15) is 0 Å². The monoisotopic (exact) mass is 190 g/mol. The maximum Gasteiger partial charge on any atom is 0.209 e. The molecule has 0 saturated carbocycles. The van der Waals surface area contributed by atoms with E-state index >= 15 is 0 Å². The zero-order valence-corrected chi connectivity index (χ0v) is 6.84. The Labute approximate surface area is 73.2 Å². The topological polar surface area (TPSA) is 49.7 Å². The number of aromatic hydroxyl groups is 1. The Hall–Kier alpha value is -1.36. The van der Waals surface area contributed by atoms with Crippen LogP contribution in [0, 0.1) is 11.6 Å². The number of ether oxygens (including phenoxy) is 1. The third-order valence-electron chi connectivity index (χ3n) is 1.61. The molecule has 5 heteroatoms. The summed E-state index contributed by atoms with van der Waals surface area (Å²) in [5, 5.41) is 17.5. The lowest BCUT2D eigenvalue weighted by Crippen LogP contribution is -1.97. The molecule has 0 aliphatic carbocycles. The molecule has 0 radical (unpaired) electrons. The standard InChI is InChI=1S/C8H8F2O3/c1-13-5-2-4(3-11)6(9)8(12)7(5)10/h2,11-12H,3H2,1H3. The minimum Gasteiger partial charge on any atom is -0.503 e. The van der Waals surface area contributed by atoms with Crippen molar-refractivity contribution in [1.29, 1.82) is 0 Å². The van der Waals surface area contributed by atoms with Crippen molar-refractivity contribution in [3.63, 3.8) is 0 Å². The molecule has 1 rings (SSSR count). The number of aliphatic hydroxyl groups is 1. The number of halogens is 2. The van der Waals surface area contributed by atoms with Crippen LogP contribution in [0.4, 0.5) is 8.78 Å². The van der Waals surface area contributed by atoms with Gasteiger partial charge in [-0.25, -0.2) is 4.39 Å². The number of phenolic OH excluding ortho intramolecular Hbond substituents is 1. The first kappa shape index (κ1) is 9.73. The normalized spacial score (nSPS) is 10.2. The lowest BCUT2D eigenvalue weighted by atomic mass is 10.2. The number of rotatable bonds is 2. The summed E-state index contributed by atoms with van der Waals surface area (Å²) in [5.74, 6) is -3.77. The Morgan fingerprint density at radius 2 is 2.00 bits per heavy atom. The number of phenols is 1. The largest absolute Gasteiger partial charge is 0.503 e. The molecule has 3 nitrogen and oxygen atoms in total. The molecule has 72 valence electrons. The van der Waals surface area contributed by atoms with E-state index < -0.39 is 24.0 Å². The second-order valence-electron chi connectivity index (χ2n) is 2.37. The Bertz CT molecular complexity index is 297. The minimum absolute atomic E-state index is 0.212. The van der Waals surface area contributed by atoms with Gasteiger partial charge >= 0.3 is 0 Å². The molecule has 0 heterocycles. The van der Waals surface area contributed by atoms with Gasteiger partial charge < -0.3 is 14.9 Å². The molecule has 0 aliphatic heterocycles. The number of benzene rings is 1. The van der Waals surface area contributed by atoms with Crippen molar-refractivity contribution in [1.82, 2.24) is 0 Å². The summed E-state index contributed by atoms with van der Waals surface area (Å²) in [5.41, 5.74) is -0.212. The lowest BCUT2D eigenvalue weighted by Gasteiger charge is -2.07. The van der Waals surface area contributed by atoms with E-state index in [0.29, 0.717) is 0 Å². The van der Waals surface area contributed by atoms with Crippen LogP contribution in [0.1, 0.15) is 5.56 Å². The third-order valence-corrected chi connectivity index (χ3v) is 1.61. The summed E-state index contributed by atoms with van der Waals surface area (Å²) < 4.78 is 30.3. The number of aliphatic hydroxyl groups excluding tert-OH is 1. The molecule has 2 N–H and O–H groups in total. The fraction of sp³-hybridized carbons (Fsp3) is 0.250. The average molecular weight is 190 g/mol. The van der Waals surface area contributed by atoms with Gasteiger partial charge in [0.15, 0.2) is 17.3 Å². The van der Waals surface area contributed by atoms with E-state index in [1.807, 2.05) is 0 Å². The molecule has 0 atom stereocenters. The number of hydrogen-bond acceptors (Lipinski definition) is 3. The van der Waals surface area contributed by atoms with Gasteiger partial charge in [-0.15, -0.1) is 0 Å². The van der Waals surface area contributed by atoms with E-state index in [-0.39, 0.29) is 11.3 Å². The van der Waals surface area contributed by atoms with Crippen molar-refractivity contribution in [3.05, 3.63) is 23.3 Å². The Kier molecular flexibility index (Phi) is 2.67. The second kappa shape index (κ2) is 3.57. The van der Waals surface area contributed by atoms with Gasteiger partial charge in [-0.2, -0.15) is 4.39 Å². The molecule has 0 aliphatic rings. The van der Waals surface area contributed by atoms with E-state index in [0.717, 1.165) is 6.07 Å². The van der Waals surface area contributed by atoms with Gasteiger partial charge in [-0.3, -0.25) is 0 Å². The van der Waals surface area contributed by atoms with Gasteiger partial charge in [-0.1, -0.05) is 0 Å². The van der Waals surface area contributed by atoms with Crippen LogP contribution < -0.4 is 4.74 Å². The summed E-state index contributed by atoms with van der Waals surface area (Å²) in [4.78, 5) is 0. The van der Waals surface area contributed by atoms with E-state index in [1.54, 1.807) is 0 Å². The summed E-state index contributed by atoms with van der Waals surface area (Å²) in [6.07, 6.45) is 0. The highest BCUT2D eigenvalue weighted by atomic mass is 19.1. The molecule has 0 saturated heterocycles. The lowest BCUT2D eigenvalue weighted by molar-refractivity contribution is 0.269. The molecule has 1 aromatic carbocycles. The van der Waals surface area contributed by atoms with E-state index in [4.69, 9.17) is 10.2 Å².